The Morgan fingerprint density at radius 1 is 1.12 bits per heavy atom. The summed E-state index contributed by atoms with van der Waals surface area (Å²) in [6, 6.07) is 15.2. The third-order valence-electron chi connectivity index (χ3n) is 3.34. The molecule has 0 saturated heterocycles. The van der Waals surface area contributed by atoms with E-state index in [-0.39, 0.29) is 11.6 Å². The van der Waals surface area contributed by atoms with E-state index < -0.39 is 5.91 Å². The van der Waals surface area contributed by atoms with Gasteiger partial charge in [-0.25, -0.2) is 9.97 Å². The fourth-order valence-electron chi connectivity index (χ4n) is 2.13. The highest BCUT2D eigenvalue weighted by molar-refractivity contribution is 6.43. The zero-order valence-corrected chi connectivity index (χ0v) is 14.7. The highest BCUT2D eigenvalue weighted by Crippen LogP contribution is 2.30. The number of carbonyl (C=O) groups is 1. The van der Waals surface area contributed by atoms with E-state index >= 15 is 0 Å². The Morgan fingerprint density at radius 2 is 1.92 bits per heavy atom. The van der Waals surface area contributed by atoms with Crippen molar-refractivity contribution in [3.63, 3.8) is 0 Å². The second-order valence-electron chi connectivity index (χ2n) is 5.14. The van der Waals surface area contributed by atoms with E-state index in [1.54, 1.807) is 42.5 Å². The van der Waals surface area contributed by atoms with Crippen LogP contribution in [0.1, 0.15) is 16.1 Å². The lowest BCUT2D eigenvalue weighted by atomic mass is 10.2. The third kappa shape index (κ3) is 4.09. The van der Waals surface area contributed by atoms with Crippen molar-refractivity contribution in [3.8, 4) is 6.07 Å². The molecule has 0 saturated carbocycles. The number of amides is 1. The molecule has 0 unspecified atom stereocenters. The largest absolute Gasteiger partial charge is 0.323 e. The summed E-state index contributed by atoms with van der Waals surface area (Å²) in [5, 5.41) is 15.3. The number of hydrogen-bond donors (Lipinski definition) is 2. The average Bonchev–Trinajstić information content (AvgIpc) is 2.66. The van der Waals surface area contributed by atoms with Crippen LogP contribution in [-0.4, -0.2) is 15.9 Å². The molecule has 2 N–H and O–H groups in total. The monoisotopic (exact) mass is 383 g/mol. The molecular weight excluding hydrogens is 373 g/mol. The molecule has 0 spiro atoms. The van der Waals surface area contributed by atoms with Crippen molar-refractivity contribution < 1.29 is 4.79 Å². The van der Waals surface area contributed by atoms with Crippen molar-refractivity contribution in [2.24, 2.45) is 0 Å². The molecule has 0 fully saturated rings. The van der Waals surface area contributed by atoms with Crippen LogP contribution >= 0.6 is 23.2 Å². The molecule has 0 radical (unpaired) electrons. The smallest absolute Gasteiger partial charge is 0.274 e. The summed E-state index contributed by atoms with van der Waals surface area (Å²) in [5.74, 6) is -0.227. The minimum absolute atomic E-state index is 0.156. The summed E-state index contributed by atoms with van der Waals surface area (Å²) in [6.45, 7) is 0. The fourth-order valence-corrected chi connectivity index (χ4v) is 2.48. The number of halogens is 2. The number of nitriles is 1. The highest BCUT2D eigenvalue weighted by Gasteiger charge is 2.11. The lowest BCUT2D eigenvalue weighted by Crippen LogP contribution is -2.14. The molecule has 1 aromatic heterocycles. The van der Waals surface area contributed by atoms with Crippen LogP contribution < -0.4 is 10.6 Å². The van der Waals surface area contributed by atoms with Gasteiger partial charge in [-0.2, -0.15) is 5.26 Å². The van der Waals surface area contributed by atoms with Crippen LogP contribution in [0, 0.1) is 11.3 Å². The van der Waals surface area contributed by atoms with Gasteiger partial charge in [-0.3, -0.25) is 4.79 Å². The zero-order valence-electron chi connectivity index (χ0n) is 13.2. The van der Waals surface area contributed by atoms with Crippen molar-refractivity contribution in [3.05, 3.63) is 76.0 Å². The van der Waals surface area contributed by atoms with Crippen molar-refractivity contribution in [1.29, 1.82) is 5.26 Å². The van der Waals surface area contributed by atoms with Gasteiger partial charge < -0.3 is 10.6 Å². The molecule has 0 aliphatic carbocycles. The Balaban J connectivity index is 1.79. The van der Waals surface area contributed by atoms with E-state index in [4.69, 9.17) is 28.5 Å². The number of nitrogens with zero attached hydrogens (tertiary/aromatic N) is 3. The van der Waals surface area contributed by atoms with Gasteiger partial charge in [0.25, 0.3) is 5.91 Å². The van der Waals surface area contributed by atoms with Crippen LogP contribution in [0.3, 0.4) is 0 Å². The second-order valence-corrected chi connectivity index (χ2v) is 5.92. The molecule has 0 atom stereocenters. The van der Waals surface area contributed by atoms with Crippen molar-refractivity contribution in [2.45, 2.75) is 0 Å². The standard InChI is InChI=1S/C18H11Cl2N5O/c19-13-5-2-6-14(16(13)20)24-18-22-8-7-15(25-18)17(26)23-12-4-1-3-11(9-12)10-21/h1-9H,(H,23,26)(H,22,24,25). The minimum Gasteiger partial charge on any atom is -0.323 e. The SMILES string of the molecule is N#Cc1cccc(NC(=O)c2ccnc(Nc3cccc(Cl)c3Cl)n2)c1. The molecule has 0 aliphatic rings. The number of anilines is 3. The van der Waals surface area contributed by atoms with Crippen LogP contribution in [0.2, 0.25) is 10.0 Å². The van der Waals surface area contributed by atoms with Gasteiger partial charge >= 0.3 is 0 Å². The Kier molecular flexibility index (Phi) is 5.32. The van der Waals surface area contributed by atoms with Gasteiger partial charge in [0, 0.05) is 11.9 Å². The maximum atomic E-state index is 12.4. The second kappa shape index (κ2) is 7.83. The molecule has 1 heterocycles. The number of hydrogen-bond acceptors (Lipinski definition) is 5. The summed E-state index contributed by atoms with van der Waals surface area (Å²) in [7, 11) is 0. The maximum Gasteiger partial charge on any atom is 0.274 e. The van der Waals surface area contributed by atoms with E-state index in [9.17, 15) is 4.79 Å². The van der Waals surface area contributed by atoms with Crippen LogP contribution in [0.5, 0.6) is 0 Å². The van der Waals surface area contributed by atoms with E-state index in [1.807, 2.05) is 6.07 Å². The molecule has 1 amide bonds. The van der Waals surface area contributed by atoms with E-state index in [1.165, 1.54) is 12.3 Å². The summed E-state index contributed by atoms with van der Waals surface area (Å²) in [6.07, 6.45) is 1.45. The first-order valence-corrected chi connectivity index (χ1v) is 8.18. The number of benzene rings is 2. The lowest BCUT2D eigenvalue weighted by Gasteiger charge is -2.09. The quantitative estimate of drug-likeness (QED) is 0.683. The summed E-state index contributed by atoms with van der Waals surface area (Å²) >= 11 is 12.1. The summed E-state index contributed by atoms with van der Waals surface area (Å²) < 4.78 is 0. The van der Waals surface area contributed by atoms with Gasteiger partial charge in [0.05, 0.1) is 27.4 Å². The minimum atomic E-state index is -0.428. The molecule has 0 aliphatic heterocycles. The molecule has 3 aromatic rings. The van der Waals surface area contributed by atoms with Crippen molar-refractivity contribution in [1.82, 2.24) is 9.97 Å². The number of rotatable bonds is 4. The average molecular weight is 384 g/mol. The molecule has 26 heavy (non-hydrogen) atoms. The predicted molar refractivity (Wildman–Crippen MR) is 101 cm³/mol. The zero-order chi connectivity index (χ0) is 18.5. The van der Waals surface area contributed by atoms with E-state index in [0.29, 0.717) is 27.0 Å². The Morgan fingerprint density at radius 3 is 2.73 bits per heavy atom. The molecule has 8 heteroatoms. The van der Waals surface area contributed by atoms with Gasteiger partial charge in [0.1, 0.15) is 5.69 Å². The molecule has 6 nitrogen and oxygen atoms in total. The van der Waals surface area contributed by atoms with Gasteiger partial charge in [0.15, 0.2) is 0 Å². The third-order valence-corrected chi connectivity index (χ3v) is 4.15. The summed E-state index contributed by atoms with van der Waals surface area (Å²) in [4.78, 5) is 20.6. The van der Waals surface area contributed by atoms with Crippen LogP contribution in [0.4, 0.5) is 17.3 Å². The first-order valence-electron chi connectivity index (χ1n) is 7.42. The topological polar surface area (TPSA) is 90.7 Å². The first-order chi connectivity index (χ1) is 12.6. The van der Waals surface area contributed by atoms with Crippen LogP contribution in [0.25, 0.3) is 0 Å². The van der Waals surface area contributed by atoms with E-state index in [0.717, 1.165) is 0 Å². The Bertz CT molecular complexity index is 1020. The predicted octanol–water partition coefficient (Wildman–Crippen LogP) is 4.65. The van der Waals surface area contributed by atoms with Gasteiger partial charge in [-0.15, -0.1) is 0 Å². The first kappa shape index (κ1) is 17.7. The van der Waals surface area contributed by atoms with Crippen molar-refractivity contribution in [2.75, 3.05) is 10.6 Å². The summed E-state index contributed by atoms with van der Waals surface area (Å²) in [5.41, 5.74) is 1.63. The lowest BCUT2D eigenvalue weighted by molar-refractivity contribution is 0.102. The van der Waals surface area contributed by atoms with Gasteiger partial charge in [-0.1, -0.05) is 35.3 Å². The van der Waals surface area contributed by atoms with Crippen molar-refractivity contribution >= 4 is 46.4 Å². The number of aromatic nitrogens is 2. The number of carbonyl (C=O) groups excluding carboxylic acids is 1. The molecule has 0 bridgehead atoms. The number of nitrogens with one attached hydrogen (secondary N) is 2. The van der Waals surface area contributed by atoms with E-state index in [2.05, 4.69) is 20.6 Å². The molecule has 128 valence electrons. The van der Waals surface area contributed by atoms with Crippen LogP contribution in [0.15, 0.2) is 54.7 Å². The molecular formula is C18H11Cl2N5O. The Hall–Kier alpha value is -3.14. The van der Waals surface area contributed by atoms with Gasteiger partial charge in [0.2, 0.25) is 5.95 Å². The van der Waals surface area contributed by atoms with Gasteiger partial charge in [-0.05, 0) is 36.4 Å². The highest BCUT2D eigenvalue weighted by atomic mass is 35.5. The normalized spacial score (nSPS) is 10.0. The molecule has 2 aromatic carbocycles. The van der Waals surface area contributed by atoms with Crippen LogP contribution in [-0.2, 0) is 0 Å². The molecule has 3 rings (SSSR count). The maximum absolute atomic E-state index is 12.4. The fraction of sp³-hybridized carbons (Fsp3) is 0. The Labute approximate surface area is 159 Å².